The van der Waals surface area contributed by atoms with Gasteiger partial charge in [0.1, 0.15) is 6.61 Å². The number of amides is 1. The van der Waals surface area contributed by atoms with Crippen LogP contribution in [0.5, 0.6) is 0 Å². The van der Waals surface area contributed by atoms with Crippen molar-refractivity contribution in [2.75, 3.05) is 26.3 Å². The van der Waals surface area contributed by atoms with E-state index in [0.717, 1.165) is 6.42 Å². The van der Waals surface area contributed by atoms with Crippen LogP contribution in [0.1, 0.15) is 26.7 Å². The summed E-state index contributed by atoms with van der Waals surface area (Å²) in [6.45, 7) is 3.34. The maximum absolute atomic E-state index is 11.7. The SMILES string of the molecule is CC(C)(CCN)CNC(=O)CCOCC(F)(F)F. The molecule has 0 saturated heterocycles. The van der Waals surface area contributed by atoms with Gasteiger partial charge in [0.25, 0.3) is 0 Å². The lowest BCUT2D eigenvalue weighted by atomic mass is 9.89. The van der Waals surface area contributed by atoms with E-state index in [0.29, 0.717) is 13.1 Å². The van der Waals surface area contributed by atoms with E-state index < -0.39 is 12.8 Å². The quantitative estimate of drug-likeness (QED) is 0.656. The minimum Gasteiger partial charge on any atom is -0.372 e. The van der Waals surface area contributed by atoms with Crippen molar-refractivity contribution in [2.45, 2.75) is 32.9 Å². The third-order valence-electron chi connectivity index (χ3n) is 2.32. The Labute approximate surface area is 105 Å². The molecule has 0 rings (SSSR count). The monoisotopic (exact) mass is 270 g/mol. The van der Waals surface area contributed by atoms with Gasteiger partial charge < -0.3 is 15.8 Å². The van der Waals surface area contributed by atoms with E-state index >= 15 is 0 Å². The van der Waals surface area contributed by atoms with Crippen molar-refractivity contribution in [1.82, 2.24) is 5.32 Å². The average molecular weight is 270 g/mol. The molecule has 0 spiro atoms. The van der Waals surface area contributed by atoms with Gasteiger partial charge in [0, 0.05) is 13.0 Å². The first-order chi connectivity index (χ1) is 8.16. The lowest BCUT2D eigenvalue weighted by molar-refractivity contribution is -0.174. The molecule has 1 amide bonds. The van der Waals surface area contributed by atoms with Crippen LogP contribution in [0.25, 0.3) is 0 Å². The summed E-state index contributed by atoms with van der Waals surface area (Å²) in [6, 6.07) is 0. The molecule has 0 bridgehead atoms. The minimum atomic E-state index is -4.35. The van der Waals surface area contributed by atoms with Crippen molar-refractivity contribution in [3.63, 3.8) is 0 Å². The minimum absolute atomic E-state index is 0.0746. The summed E-state index contributed by atoms with van der Waals surface area (Å²) in [5.41, 5.74) is 5.31. The van der Waals surface area contributed by atoms with Crippen molar-refractivity contribution in [3.8, 4) is 0 Å². The molecule has 108 valence electrons. The molecule has 3 N–H and O–H groups in total. The first kappa shape index (κ1) is 17.2. The van der Waals surface area contributed by atoms with E-state index in [9.17, 15) is 18.0 Å². The first-order valence-corrected chi connectivity index (χ1v) is 5.77. The van der Waals surface area contributed by atoms with Crippen LogP contribution < -0.4 is 11.1 Å². The number of hydrogen-bond donors (Lipinski definition) is 2. The van der Waals surface area contributed by atoms with Gasteiger partial charge in [0.2, 0.25) is 5.91 Å². The van der Waals surface area contributed by atoms with Crippen LogP contribution in [0, 0.1) is 5.41 Å². The number of carbonyl (C=O) groups is 1. The van der Waals surface area contributed by atoms with Crippen molar-refractivity contribution < 1.29 is 22.7 Å². The van der Waals surface area contributed by atoms with E-state index in [4.69, 9.17) is 5.73 Å². The van der Waals surface area contributed by atoms with Gasteiger partial charge in [0.05, 0.1) is 6.61 Å². The summed E-state index contributed by atoms with van der Waals surface area (Å²) < 4.78 is 39.5. The maximum atomic E-state index is 11.7. The van der Waals surface area contributed by atoms with Gasteiger partial charge >= 0.3 is 6.18 Å². The number of nitrogens with one attached hydrogen (secondary N) is 1. The molecule has 0 saturated carbocycles. The molecule has 7 heteroatoms. The molecule has 0 aliphatic carbocycles. The van der Waals surface area contributed by atoms with E-state index in [1.807, 2.05) is 13.8 Å². The van der Waals surface area contributed by atoms with Gasteiger partial charge in [-0.2, -0.15) is 13.2 Å². The van der Waals surface area contributed by atoms with Crippen LogP contribution >= 0.6 is 0 Å². The van der Waals surface area contributed by atoms with Gasteiger partial charge in [-0.3, -0.25) is 4.79 Å². The molecule has 18 heavy (non-hydrogen) atoms. The third-order valence-corrected chi connectivity index (χ3v) is 2.32. The zero-order chi connectivity index (χ0) is 14.2. The highest BCUT2D eigenvalue weighted by molar-refractivity contribution is 5.75. The highest BCUT2D eigenvalue weighted by atomic mass is 19.4. The Hall–Kier alpha value is -0.820. The average Bonchev–Trinajstić information content (AvgIpc) is 2.20. The second kappa shape index (κ2) is 7.58. The Bertz CT molecular complexity index is 255. The molecule has 0 heterocycles. The summed E-state index contributed by atoms with van der Waals surface area (Å²) in [5.74, 6) is -0.317. The molecule has 0 aliphatic rings. The second-order valence-corrected chi connectivity index (χ2v) is 4.90. The van der Waals surface area contributed by atoms with E-state index in [-0.39, 0.29) is 24.3 Å². The lowest BCUT2D eigenvalue weighted by Crippen LogP contribution is -2.35. The summed E-state index contributed by atoms with van der Waals surface area (Å²) in [6.07, 6.45) is -3.66. The molecular formula is C11H21F3N2O2. The van der Waals surface area contributed by atoms with Crippen LogP contribution in [0.4, 0.5) is 13.2 Å². The Morgan fingerprint density at radius 2 is 1.94 bits per heavy atom. The number of halogens is 3. The standard InChI is InChI=1S/C11H21F3N2O2/c1-10(2,4-5-15)7-16-9(17)3-6-18-8-11(12,13)14/h3-8,15H2,1-2H3,(H,16,17). The molecule has 0 radical (unpaired) electrons. The van der Waals surface area contributed by atoms with E-state index in [1.165, 1.54) is 0 Å². The number of nitrogens with two attached hydrogens (primary N) is 1. The summed E-state index contributed by atoms with van der Waals surface area (Å²) >= 11 is 0. The maximum Gasteiger partial charge on any atom is 0.411 e. The number of carbonyl (C=O) groups excluding carboxylic acids is 1. The van der Waals surface area contributed by atoms with Gasteiger partial charge in [0.15, 0.2) is 0 Å². The highest BCUT2D eigenvalue weighted by Gasteiger charge is 2.27. The van der Waals surface area contributed by atoms with Gasteiger partial charge in [-0.25, -0.2) is 0 Å². The van der Waals surface area contributed by atoms with Crippen molar-refractivity contribution >= 4 is 5.91 Å². The predicted octanol–water partition coefficient (Wildman–Crippen LogP) is 1.45. The summed E-state index contributed by atoms with van der Waals surface area (Å²) in [4.78, 5) is 11.3. The van der Waals surface area contributed by atoms with Crippen molar-refractivity contribution in [2.24, 2.45) is 11.1 Å². The molecule has 4 nitrogen and oxygen atoms in total. The molecule has 0 aromatic heterocycles. The smallest absolute Gasteiger partial charge is 0.372 e. The van der Waals surface area contributed by atoms with Gasteiger partial charge in [-0.15, -0.1) is 0 Å². The Kier molecular flexibility index (Phi) is 7.23. The van der Waals surface area contributed by atoms with Crippen LogP contribution in [0.2, 0.25) is 0 Å². The zero-order valence-electron chi connectivity index (χ0n) is 10.8. The fourth-order valence-corrected chi connectivity index (χ4v) is 1.26. The lowest BCUT2D eigenvalue weighted by Gasteiger charge is -2.24. The second-order valence-electron chi connectivity index (χ2n) is 4.90. The normalized spacial score (nSPS) is 12.6. The Balaban J connectivity index is 3.66. The van der Waals surface area contributed by atoms with Gasteiger partial charge in [-0.05, 0) is 18.4 Å². The molecule has 0 aromatic carbocycles. The molecule has 0 unspecified atom stereocenters. The van der Waals surface area contributed by atoms with Crippen LogP contribution in [0.3, 0.4) is 0 Å². The zero-order valence-corrected chi connectivity index (χ0v) is 10.8. The van der Waals surface area contributed by atoms with Crippen LogP contribution in [0.15, 0.2) is 0 Å². The van der Waals surface area contributed by atoms with Crippen LogP contribution in [-0.4, -0.2) is 38.4 Å². The number of hydrogen-bond acceptors (Lipinski definition) is 3. The topological polar surface area (TPSA) is 64.3 Å². The largest absolute Gasteiger partial charge is 0.411 e. The van der Waals surface area contributed by atoms with Crippen LogP contribution in [-0.2, 0) is 9.53 Å². The predicted molar refractivity (Wildman–Crippen MR) is 62.0 cm³/mol. The van der Waals surface area contributed by atoms with E-state index in [2.05, 4.69) is 10.1 Å². The van der Waals surface area contributed by atoms with Crippen molar-refractivity contribution in [1.29, 1.82) is 0 Å². The fourth-order valence-electron chi connectivity index (χ4n) is 1.26. The van der Waals surface area contributed by atoms with E-state index in [1.54, 1.807) is 0 Å². The Morgan fingerprint density at radius 1 is 1.33 bits per heavy atom. The molecule has 0 aliphatic heterocycles. The molecule has 0 aromatic rings. The molecule has 0 atom stereocenters. The first-order valence-electron chi connectivity index (χ1n) is 5.77. The number of rotatable bonds is 8. The number of alkyl halides is 3. The van der Waals surface area contributed by atoms with Gasteiger partial charge in [-0.1, -0.05) is 13.8 Å². The number of ether oxygens (including phenoxy) is 1. The molecular weight excluding hydrogens is 249 g/mol. The summed E-state index contributed by atoms with van der Waals surface area (Å²) in [7, 11) is 0. The molecule has 0 fully saturated rings. The third kappa shape index (κ3) is 10.3. The highest BCUT2D eigenvalue weighted by Crippen LogP contribution is 2.17. The van der Waals surface area contributed by atoms with Crippen molar-refractivity contribution in [3.05, 3.63) is 0 Å². The summed E-state index contributed by atoms with van der Waals surface area (Å²) in [5, 5.41) is 2.65. The Morgan fingerprint density at radius 3 is 2.44 bits per heavy atom. The fraction of sp³-hybridized carbons (Fsp3) is 0.909.